The minimum absolute atomic E-state index is 0.00682. The summed E-state index contributed by atoms with van der Waals surface area (Å²) in [7, 11) is 1.92. The first-order valence-corrected chi connectivity index (χ1v) is 11.1. The Kier molecular flexibility index (Phi) is 6.86. The zero-order valence-electron chi connectivity index (χ0n) is 18.5. The predicted octanol–water partition coefficient (Wildman–Crippen LogP) is 2.08. The van der Waals surface area contributed by atoms with Crippen LogP contribution in [0.1, 0.15) is 42.6 Å². The van der Waals surface area contributed by atoms with Crippen LogP contribution in [0.25, 0.3) is 0 Å². The van der Waals surface area contributed by atoms with E-state index in [4.69, 9.17) is 9.73 Å². The van der Waals surface area contributed by atoms with E-state index in [1.165, 1.54) is 0 Å². The van der Waals surface area contributed by atoms with Crippen LogP contribution in [-0.2, 0) is 29.7 Å². The Labute approximate surface area is 183 Å². The Bertz CT molecular complexity index is 924. The maximum absolute atomic E-state index is 11.9. The second-order valence-corrected chi connectivity index (χ2v) is 8.16. The van der Waals surface area contributed by atoms with E-state index in [0.717, 1.165) is 55.2 Å². The predicted molar refractivity (Wildman–Crippen MR) is 119 cm³/mol. The third kappa shape index (κ3) is 5.44. The van der Waals surface area contributed by atoms with E-state index >= 15 is 0 Å². The molecule has 2 saturated heterocycles. The van der Waals surface area contributed by atoms with Gasteiger partial charge in [-0.3, -0.25) is 9.48 Å². The fourth-order valence-corrected chi connectivity index (χ4v) is 4.16. The second-order valence-electron chi connectivity index (χ2n) is 8.16. The smallest absolute Gasteiger partial charge is 0.222 e. The first kappa shape index (κ1) is 21.4. The monoisotopic (exact) mass is 424 g/mol. The number of likely N-dealkylation sites (tertiary alicyclic amines) is 1. The second kappa shape index (κ2) is 9.96. The molecule has 1 aromatic carbocycles. The number of nitrogens with one attached hydrogen (secondary N) is 1. The number of hydrogen-bond donors (Lipinski definition) is 1. The Balaban J connectivity index is 1.42. The van der Waals surface area contributed by atoms with E-state index in [1.807, 2.05) is 24.3 Å². The van der Waals surface area contributed by atoms with Crippen molar-refractivity contribution < 1.29 is 9.53 Å². The van der Waals surface area contributed by atoms with E-state index in [9.17, 15) is 4.79 Å². The molecule has 2 aliphatic rings. The average molecular weight is 425 g/mol. The van der Waals surface area contributed by atoms with Crippen molar-refractivity contribution in [3.63, 3.8) is 0 Å². The third-order valence-corrected chi connectivity index (χ3v) is 5.75. The first-order valence-electron chi connectivity index (χ1n) is 11.1. The van der Waals surface area contributed by atoms with Crippen molar-refractivity contribution in [1.82, 2.24) is 24.9 Å². The molecule has 8 heteroatoms. The van der Waals surface area contributed by atoms with E-state index in [1.54, 1.807) is 4.68 Å². The van der Waals surface area contributed by atoms with Crippen LogP contribution in [0.3, 0.4) is 0 Å². The minimum Gasteiger partial charge on any atom is -0.370 e. The van der Waals surface area contributed by atoms with Crippen LogP contribution in [0.5, 0.6) is 0 Å². The molecule has 166 valence electrons. The maximum atomic E-state index is 11.9. The lowest BCUT2D eigenvalue weighted by Crippen LogP contribution is -2.48. The quantitative estimate of drug-likeness (QED) is 0.568. The molecule has 2 aliphatic heterocycles. The molecule has 4 rings (SSSR count). The lowest BCUT2D eigenvalue weighted by molar-refractivity contribution is -0.128. The number of hydrogen-bond acceptors (Lipinski definition) is 4. The Morgan fingerprint density at radius 3 is 2.94 bits per heavy atom. The molecule has 1 aromatic heterocycles. The topological polar surface area (TPSA) is 75.0 Å². The van der Waals surface area contributed by atoms with Crippen molar-refractivity contribution in [2.24, 2.45) is 12.0 Å². The van der Waals surface area contributed by atoms with Gasteiger partial charge in [-0.1, -0.05) is 24.3 Å². The zero-order chi connectivity index (χ0) is 21.6. The molecule has 2 aromatic rings. The summed E-state index contributed by atoms with van der Waals surface area (Å²) < 4.78 is 7.78. The fraction of sp³-hybridized carbons (Fsp3) is 0.522. The lowest BCUT2D eigenvalue weighted by Gasteiger charge is -2.34. The molecule has 0 bridgehead atoms. The number of morpholine rings is 1. The SMILES string of the molecule is CCNC(=NCc1cccc(CN2CCCC2=O)c1)N1CCOC(c2cnn(C)c2)C1. The van der Waals surface area contributed by atoms with Crippen molar-refractivity contribution in [3.8, 4) is 0 Å². The summed E-state index contributed by atoms with van der Waals surface area (Å²) in [5.41, 5.74) is 3.40. The van der Waals surface area contributed by atoms with Crippen molar-refractivity contribution in [2.45, 2.75) is 39.0 Å². The number of rotatable bonds is 6. The molecule has 0 spiro atoms. The molecule has 8 nitrogen and oxygen atoms in total. The van der Waals surface area contributed by atoms with Gasteiger partial charge < -0.3 is 19.9 Å². The van der Waals surface area contributed by atoms with Crippen LogP contribution in [0, 0.1) is 0 Å². The molecule has 1 amide bonds. The number of benzene rings is 1. The van der Waals surface area contributed by atoms with Crippen LogP contribution >= 0.6 is 0 Å². The molecule has 1 N–H and O–H groups in total. The van der Waals surface area contributed by atoms with E-state index in [2.05, 4.69) is 46.5 Å². The van der Waals surface area contributed by atoms with Crippen molar-refractivity contribution in [1.29, 1.82) is 0 Å². The summed E-state index contributed by atoms with van der Waals surface area (Å²) in [6.45, 7) is 7.25. The van der Waals surface area contributed by atoms with Gasteiger partial charge in [-0.15, -0.1) is 0 Å². The third-order valence-electron chi connectivity index (χ3n) is 5.75. The highest BCUT2D eigenvalue weighted by Crippen LogP contribution is 2.22. The van der Waals surface area contributed by atoms with Gasteiger partial charge in [0, 0.05) is 51.4 Å². The Hall–Kier alpha value is -2.87. The van der Waals surface area contributed by atoms with Crippen LogP contribution in [0.4, 0.5) is 0 Å². The van der Waals surface area contributed by atoms with Gasteiger partial charge in [0.2, 0.25) is 5.91 Å². The molecule has 0 radical (unpaired) electrons. The molecule has 1 unspecified atom stereocenters. The van der Waals surface area contributed by atoms with E-state index in [0.29, 0.717) is 26.1 Å². The van der Waals surface area contributed by atoms with Gasteiger partial charge in [-0.05, 0) is 24.5 Å². The fourth-order valence-electron chi connectivity index (χ4n) is 4.16. The molecular weight excluding hydrogens is 392 g/mol. The van der Waals surface area contributed by atoms with E-state index in [-0.39, 0.29) is 12.0 Å². The van der Waals surface area contributed by atoms with Crippen molar-refractivity contribution in [3.05, 3.63) is 53.3 Å². The number of carbonyl (C=O) groups excluding carboxylic acids is 1. The molecular formula is C23H32N6O2. The largest absolute Gasteiger partial charge is 0.370 e. The number of amides is 1. The average Bonchev–Trinajstić information content (AvgIpc) is 3.40. The van der Waals surface area contributed by atoms with E-state index < -0.39 is 0 Å². The number of guanidine groups is 1. The zero-order valence-corrected chi connectivity index (χ0v) is 18.5. The normalized spacial score (nSPS) is 19.9. The molecule has 0 saturated carbocycles. The van der Waals surface area contributed by atoms with Gasteiger partial charge in [0.25, 0.3) is 0 Å². The van der Waals surface area contributed by atoms with Crippen molar-refractivity contribution >= 4 is 11.9 Å². The highest BCUT2D eigenvalue weighted by molar-refractivity contribution is 5.80. The standard InChI is InChI=1S/C23H32N6O2/c1-3-24-23(29-10-11-31-21(17-29)20-14-26-27(2)16-20)25-13-18-6-4-7-19(12-18)15-28-9-5-8-22(28)30/h4,6-7,12,14,16,21H,3,5,8-11,13,15,17H2,1-2H3,(H,24,25). The first-order chi connectivity index (χ1) is 15.1. The van der Waals surface area contributed by atoms with Crippen LogP contribution in [-0.4, -0.2) is 64.2 Å². The molecule has 0 aliphatic carbocycles. The maximum Gasteiger partial charge on any atom is 0.222 e. The number of aryl methyl sites for hydroxylation is 1. The van der Waals surface area contributed by atoms with Gasteiger partial charge >= 0.3 is 0 Å². The number of aliphatic imine (C=N–C) groups is 1. The molecule has 3 heterocycles. The van der Waals surface area contributed by atoms with Crippen LogP contribution < -0.4 is 5.32 Å². The summed E-state index contributed by atoms with van der Waals surface area (Å²) in [5.74, 6) is 1.16. The Morgan fingerprint density at radius 1 is 1.32 bits per heavy atom. The van der Waals surface area contributed by atoms with Crippen LogP contribution in [0.15, 0.2) is 41.7 Å². The number of nitrogens with zero attached hydrogens (tertiary/aromatic N) is 5. The highest BCUT2D eigenvalue weighted by Gasteiger charge is 2.25. The van der Waals surface area contributed by atoms with Gasteiger partial charge in [0.1, 0.15) is 6.10 Å². The summed E-state index contributed by atoms with van der Waals surface area (Å²) >= 11 is 0. The number of ether oxygens (including phenoxy) is 1. The lowest BCUT2D eigenvalue weighted by atomic mass is 10.1. The summed E-state index contributed by atoms with van der Waals surface area (Å²) in [4.78, 5) is 21.0. The summed E-state index contributed by atoms with van der Waals surface area (Å²) in [6.07, 6.45) is 5.51. The van der Waals surface area contributed by atoms with Crippen LogP contribution in [0.2, 0.25) is 0 Å². The van der Waals surface area contributed by atoms with Gasteiger partial charge in [-0.25, -0.2) is 4.99 Å². The Morgan fingerprint density at radius 2 is 2.19 bits per heavy atom. The van der Waals surface area contributed by atoms with Gasteiger partial charge in [0.05, 0.1) is 25.9 Å². The highest BCUT2D eigenvalue weighted by atomic mass is 16.5. The van der Waals surface area contributed by atoms with Gasteiger partial charge in [-0.2, -0.15) is 5.10 Å². The number of aromatic nitrogens is 2. The van der Waals surface area contributed by atoms with Gasteiger partial charge in [0.15, 0.2) is 5.96 Å². The summed E-state index contributed by atoms with van der Waals surface area (Å²) in [5, 5.41) is 7.70. The molecule has 2 fully saturated rings. The minimum atomic E-state index is -0.00682. The molecule has 1 atom stereocenters. The molecule has 31 heavy (non-hydrogen) atoms. The summed E-state index contributed by atoms with van der Waals surface area (Å²) in [6, 6.07) is 8.40. The van der Waals surface area contributed by atoms with Crippen molar-refractivity contribution in [2.75, 3.05) is 32.8 Å². The number of carbonyl (C=O) groups is 1.